The number of nitrogens with zero attached hydrogens (tertiary/aromatic N) is 1. The van der Waals surface area contributed by atoms with Crippen LogP contribution in [0.4, 0.5) is 4.79 Å². The lowest BCUT2D eigenvalue weighted by molar-refractivity contribution is -0.137. The summed E-state index contributed by atoms with van der Waals surface area (Å²) in [5.41, 5.74) is 0. The first-order valence-electron chi connectivity index (χ1n) is 7.17. The molecule has 0 aromatic rings. The largest absolute Gasteiger partial charge is 0.481 e. The molecular weight excluding hydrogens is 244 g/mol. The standard InChI is InChI=1S/C14H28N2O3/c1-5-6-7-8-12(4)15-14(19)16(11(2)3)10-9-13(17)18/h11-12H,5-10H2,1-4H3,(H,15,19)(H,17,18). The normalized spacial score (nSPS) is 12.3. The zero-order valence-corrected chi connectivity index (χ0v) is 12.6. The van der Waals surface area contributed by atoms with Crippen molar-refractivity contribution in [2.24, 2.45) is 0 Å². The van der Waals surface area contributed by atoms with Crippen LogP contribution in [-0.4, -0.2) is 40.6 Å². The summed E-state index contributed by atoms with van der Waals surface area (Å²) in [6.45, 7) is 8.17. The van der Waals surface area contributed by atoms with Crippen molar-refractivity contribution in [2.75, 3.05) is 6.54 Å². The van der Waals surface area contributed by atoms with E-state index in [1.54, 1.807) is 4.90 Å². The fourth-order valence-electron chi connectivity index (χ4n) is 1.88. The molecule has 0 rings (SSSR count). The minimum Gasteiger partial charge on any atom is -0.481 e. The van der Waals surface area contributed by atoms with Gasteiger partial charge in [0.2, 0.25) is 0 Å². The molecule has 1 unspecified atom stereocenters. The summed E-state index contributed by atoms with van der Waals surface area (Å²) in [5.74, 6) is -0.880. The molecule has 0 aliphatic carbocycles. The Bertz CT molecular complexity index is 280. The average Bonchev–Trinajstić information content (AvgIpc) is 2.28. The number of carboxylic acid groups (broad SMARTS) is 1. The second kappa shape index (κ2) is 9.64. The molecule has 19 heavy (non-hydrogen) atoms. The number of urea groups is 1. The Labute approximate surface area is 116 Å². The van der Waals surface area contributed by atoms with Crippen LogP contribution in [0.15, 0.2) is 0 Å². The molecule has 0 radical (unpaired) electrons. The molecule has 5 nitrogen and oxygen atoms in total. The van der Waals surface area contributed by atoms with Crippen LogP contribution in [0.5, 0.6) is 0 Å². The Morgan fingerprint density at radius 1 is 1.21 bits per heavy atom. The molecular formula is C14H28N2O3. The van der Waals surface area contributed by atoms with E-state index in [2.05, 4.69) is 12.2 Å². The van der Waals surface area contributed by atoms with Crippen LogP contribution in [0, 0.1) is 0 Å². The monoisotopic (exact) mass is 272 g/mol. The van der Waals surface area contributed by atoms with Gasteiger partial charge in [-0.15, -0.1) is 0 Å². The minimum absolute atomic E-state index is 0.00203. The predicted octanol–water partition coefficient (Wildman–Crippen LogP) is 2.85. The van der Waals surface area contributed by atoms with E-state index >= 15 is 0 Å². The van der Waals surface area contributed by atoms with Crippen molar-refractivity contribution in [3.05, 3.63) is 0 Å². The number of aliphatic carboxylic acids is 1. The molecule has 0 aromatic carbocycles. The Kier molecular flexibility index (Phi) is 9.00. The van der Waals surface area contributed by atoms with Crippen molar-refractivity contribution in [1.82, 2.24) is 10.2 Å². The van der Waals surface area contributed by atoms with Crippen molar-refractivity contribution < 1.29 is 14.7 Å². The van der Waals surface area contributed by atoms with Gasteiger partial charge in [0.15, 0.2) is 0 Å². The summed E-state index contributed by atoms with van der Waals surface area (Å²) in [6, 6.07) is -0.0347. The number of carbonyl (C=O) groups excluding carboxylic acids is 1. The van der Waals surface area contributed by atoms with E-state index in [4.69, 9.17) is 5.11 Å². The molecule has 0 aliphatic heterocycles. The van der Waals surface area contributed by atoms with Crippen LogP contribution >= 0.6 is 0 Å². The van der Waals surface area contributed by atoms with Crippen molar-refractivity contribution in [3.63, 3.8) is 0 Å². The molecule has 2 amide bonds. The number of amides is 2. The summed E-state index contributed by atoms with van der Waals surface area (Å²) in [6.07, 6.45) is 4.39. The molecule has 0 fully saturated rings. The molecule has 1 atom stereocenters. The second-order valence-corrected chi connectivity index (χ2v) is 5.28. The summed E-state index contributed by atoms with van der Waals surface area (Å²) >= 11 is 0. The van der Waals surface area contributed by atoms with Crippen molar-refractivity contribution in [3.8, 4) is 0 Å². The van der Waals surface area contributed by atoms with E-state index in [9.17, 15) is 9.59 Å². The Balaban J connectivity index is 4.20. The van der Waals surface area contributed by atoms with Gasteiger partial charge >= 0.3 is 12.0 Å². The van der Waals surface area contributed by atoms with Gasteiger partial charge in [0.25, 0.3) is 0 Å². The third-order valence-electron chi connectivity index (χ3n) is 3.06. The van der Waals surface area contributed by atoms with Crippen LogP contribution < -0.4 is 5.32 Å². The first-order valence-corrected chi connectivity index (χ1v) is 7.17. The molecule has 0 saturated carbocycles. The summed E-state index contributed by atoms with van der Waals surface area (Å²) in [5, 5.41) is 11.6. The number of carbonyl (C=O) groups is 2. The van der Waals surface area contributed by atoms with Crippen LogP contribution in [0.1, 0.15) is 59.8 Å². The van der Waals surface area contributed by atoms with E-state index in [1.165, 1.54) is 6.42 Å². The summed E-state index contributed by atoms with van der Waals surface area (Å²) in [4.78, 5) is 24.2. The topological polar surface area (TPSA) is 69.6 Å². The Morgan fingerprint density at radius 2 is 1.84 bits per heavy atom. The maximum absolute atomic E-state index is 12.1. The Morgan fingerprint density at radius 3 is 2.32 bits per heavy atom. The van der Waals surface area contributed by atoms with Crippen LogP contribution in [-0.2, 0) is 4.79 Å². The lowest BCUT2D eigenvalue weighted by atomic mass is 10.1. The smallest absolute Gasteiger partial charge is 0.317 e. The summed E-state index contributed by atoms with van der Waals surface area (Å²) in [7, 11) is 0. The Hall–Kier alpha value is -1.26. The van der Waals surface area contributed by atoms with Crippen molar-refractivity contribution in [2.45, 2.75) is 71.9 Å². The highest BCUT2D eigenvalue weighted by atomic mass is 16.4. The average molecular weight is 272 g/mol. The molecule has 0 aromatic heterocycles. The van der Waals surface area contributed by atoms with Gasteiger partial charge in [-0.2, -0.15) is 0 Å². The molecule has 0 heterocycles. The third kappa shape index (κ3) is 8.46. The fourth-order valence-corrected chi connectivity index (χ4v) is 1.88. The van der Waals surface area contributed by atoms with Gasteiger partial charge in [-0.05, 0) is 27.2 Å². The van der Waals surface area contributed by atoms with Gasteiger partial charge in [-0.25, -0.2) is 4.79 Å². The highest BCUT2D eigenvalue weighted by Crippen LogP contribution is 2.05. The SMILES string of the molecule is CCCCCC(C)NC(=O)N(CCC(=O)O)C(C)C. The van der Waals surface area contributed by atoms with Crippen LogP contribution in [0.2, 0.25) is 0 Å². The quantitative estimate of drug-likeness (QED) is 0.634. The number of rotatable bonds is 9. The highest BCUT2D eigenvalue weighted by Gasteiger charge is 2.19. The van der Waals surface area contributed by atoms with Crippen molar-refractivity contribution >= 4 is 12.0 Å². The first kappa shape index (κ1) is 17.7. The summed E-state index contributed by atoms with van der Waals surface area (Å²) < 4.78 is 0. The van der Waals surface area contributed by atoms with Gasteiger partial charge in [0.1, 0.15) is 0 Å². The van der Waals surface area contributed by atoms with E-state index < -0.39 is 5.97 Å². The van der Waals surface area contributed by atoms with E-state index in [0.717, 1.165) is 19.3 Å². The molecule has 0 aliphatic rings. The number of hydrogen-bond donors (Lipinski definition) is 2. The number of hydrogen-bond acceptors (Lipinski definition) is 2. The highest BCUT2D eigenvalue weighted by molar-refractivity contribution is 5.75. The number of carboxylic acids is 1. The second-order valence-electron chi connectivity index (χ2n) is 5.28. The number of nitrogens with one attached hydrogen (secondary N) is 1. The predicted molar refractivity (Wildman–Crippen MR) is 76.2 cm³/mol. The number of unbranched alkanes of at least 4 members (excludes halogenated alkanes) is 2. The minimum atomic E-state index is -0.880. The van der Waals surface area contributed by atoms with Crippen LogP contribution in [0.25, 0.3) is 0 Å². The van der Waals surface area contributed by atoms with Crippen molar-refractivity contribution in [1.29, 1.82) is 0 Å². The lowest BCUT2D eigenvalue weighted by Crippen LogP contribution is -2.47. The van der Waals surface area contributed by atoms with Crippen LogP contribution in [0.3, 0.4) is 0 Å². The fraction of sp³-hybridized carbons (Fsp3) is 0.857. The van der Waals surface area contributed by atoms with Gasteiger partial charge in [0, 0.05) is 18.6 Å². The zero-order valence-electron chi connectivity index (χ0n) is 12.6. The molecule has 0 spiro atoms. The van der Waals surface area contributed by atoms with E-state index in [1.807, 2.05) is 20.8 Å². The van der Waals surface area contributed by atoms with E-state index in [-0.39, 0.29) is 31.1 Å². The zero-order chi connectivity index (χ0) is 14.8. The third-order valence-corrected chi connectivity index (χ3v) is 3.06. The van der Waals surface area contributed by atoms with Gasteiger partial charge in [0.05, 0.1) is 6.42 Å². The van der Waals surface area contributed by atoms with Gasteiger partial charge < -0.3 is 15.3 Å². The molecule has 5 heteroatoms. The van der Waals surface area contributed by atoms with Gasteiger partial charge in [-0.3, -0.25) is 4.79 Å². The maximum atomic E-state index is 12.1. The lowest BCUT2D eigenvalue weighted by Gasteiger charge is -2.28. The van der Waals surface area contributed by atoms with E-state index in [0.29, 0.717) is 0 Å². The maximum Gasteiger partial charge on any atom is 0.317 e. The molecule has 0 saturated heterocycles. The molecule has 0 bridgehead atoms. The first-order chi connectivity index (χ1) is 8.88. The molecule has 112 valence electrons. The molecule has 2 N–H and O–H groups in total. The van der Waals surface area contributed by atoms with Gasteiger partial charge in [-0.1, -0.05) is 26.2 Å².